The number of hydrogen-bond acceptors (Lipinski definition) is 2. The number of hydrogen-bond donors (Lipinski definition) is 1. The van der Waals surface area contributed by atoms with Crippen molar-refractivity contribution in [2.75, 3.05) is 0 Å². The average molecular weight is 250 g/mol. The van der Waals surface area contributed by atoms with E-state index in [0.29, 0.717) is 5.92 Å². The Kier molecular flexibility index (Phi) is 2.72. The van der Waals surface area contributed by atoms with Gasteiger partial charge in [0.1, 0.15) is 11.6 Å². The van der Waals surface area contributed by atoms with Crippen LogP contribution in [-0.4, -0.2) is 4.98 Å². The van der Waals surface area contributed by atoms with Crippen LogP contribution in [0.2, 0.25) is 0 Å². The molecule has 1 heterocycles. The summed E-state index contributed by atoms with van der Waals surface area (Å²) in [5, 5.41) is 9.23. The highest BCUT2D eigenvalue weighted by Gasteiger charge is 2.27. The highest BCUT2D eigenvalue weighted by atomic mass is 16.1. The maximum absolute atomic E-state index is 11.9. The lowest BCUT2D eigenvalue weighted by Gasteiger charge is -2.10. The molecule has 0 atom stereocenters. The van der Waals surface area contributed by atoms with E-state index in [9.17, 15) is 10.1 Å². The Labute approximate surface area is 111 Å². The molecular formula is C16H14N2O. The molecule has 1 aromatic carbocycles. The third-order valence-corrected chi connectivity index (χ3v) is 3.55. The summed E-state index contributed by atoms with van der Waals surface area (Å²) >= 11 is 0. The predicted molar refractivity (Wildman–Crippen MR) is 73.9 cm³/mol. The van der Waals surface area contributed by atoms with Gasteiger partial charge in [0, 0.05) is 11.3 Å². The van der Waals surface area contributed by atoms with Gasteiger partial charge in [-0.1, -0.05) is 24.3 Å². The quantitative estimate of drug-likeness (QED) is 0.890. The van der Waals surface area contributed by atoms with Crippen molar-refractivity contribution in [1.82, 2.24) is 4.98 Å². The Balaban J connectivity index is 2.28. The fraction of sp³-hybridized carbons (Fsp3) is 0.250. The van der Waals surface area contributed by atoms with Crippen molar-refractivity contribution in [3.05, 3.63) is 57.5 Å². The normalized spacial score (nSPS) is 14.1. The maximum atomic E-state index is 11.9. The van der Waals surface area contributed by atoms with Crippen LogP contribution >= 0.6 is 0 Å². The minimum Gasteiger partial charge on any atom is -0.325 e. The summed E-state index contributed by atoms with van der Waals surface area (Å²) in [6, 6.07) is 12.0. The smallest absolute Gasteiger partial charge is 0.266 e. The van der Waals surface area contributed by atoms with Crippen LogP contribution in [0.25, 0.3) is 11.1 Å². The summed E-state index contributed by atoms with van der Waals surface area (Å²) < 4.78 is 0. The monoisotopic (exact) mass is 250 g/mol. The van der Waals surface area contributed by atoms with Gasteiger partial charge in [-0.15, -0.1) is 0 Å². The molecule has 1 aromatic heterocycles. The molecule has 2 aromatic rings. The fourth-order valence-electron chi connectivity index (χ4n) is 2.50. The molecule has 1 aliphatic carbocycles. The summed E-state index contributed by atoms with van der Waals surface area (Å²) in [5.74, 6) is 0.585. The number of aryl methyl sites for hydroxylation is 1. The van der Waals surface area contributed by atoms with E-state index in [1.807, 2.05) is 37.3 Å². The first-order chi connectivity index (χ1) is 9.20. The van der Waals surface area contributed by atoms with Crippen LogP contribution < -0.4 is 5.56 Å². The number of nitriles is 1. The van der Waals surface area contributed by atoms with E-state index < -0.39 is 0 Å². The van der Waals surface area contributed by atoms with Gasteiger partial charge in [0.15, 0.2) is 0 Å². The molecule has 0 spiro atoms. The van der Waals surface area contributed by atoms with E-state index >= 15 is 0 Å². The standard InChI is InChI=1S/C16H14N2O/c1-10-8-14(15(9-17)16(19)18-10)13-5-3-2-4-12(13)11-6-7-11/h2-5,8,11H,6-7H2,1H3,(H,18,19). The molecule has 0 amide bonds. The number of benzene rings is 1. The SMILES string of the molecule is Cc1cc(-c2ccccc2C2CC2)c(C#N)c(=O)[nH]1. The lowest BCUT2D eigenvalue weighted by molar-refractivity contribution is 1.11. The van der Waals surface area contributed by atoms with Gasteiger partial charge >= 0.3 is 0 Å². The molecule has 0 aliphatic heterocycles. The van der Waals surface area contributed by atoms with Crippen molar-refractivity contribution in [3.63, 3.8) is 0 Å². The Hall–Kier alpha value is -2.34. The molecule has 3 nitrogen and oxygen atoms in total. The van der Waals surface area contributed by atoms with Gasteiger partial charge < -0.3 is 4.98 Å². The minimum atomic E-state index is -0.303. The molecule has 3 heteroatoms. The van der Waals surface area contributed by atoms with Gasteiger partial charge in [0.2, 0.25) is 0 Å². The summed E-state index contributed by atoms with van der Waals surface area (Å²) in [5.41, 5.74) is 3.72. The zero-order valence-corrected chi connectivity index (χ0v) is 10.7. The molecule has 1 N–H and O–H groups in total. The second kappa shape index (κ2) is 4.40. The van der Waals surface area contributed by atoms with E-state index in [-0.39, 0.29) is 11.1 Å². The van der Waals surface area contributed by atoms with Crippen LogP contribution in [0.15, 0.2) is 35.1 Å². The van der Waals surface area contributed by atoms with Crippen molar-refractivity contribution in [2.45, 2.75) is 25.7 Å². The van der Waals surface area contributed by atoms with E-state index in [1.54, 1.807) is 0 Å². The molecule has 1 saturated carbocycles. The first kappa shape index (κ1) is 11.7. The lowest BCUT2D eigenvalue weighted by atomic mass is 9.94. The van der Waals surface area contributed by atoms with Gasteiger partial charge in [-0.2, -0.15) is 5.26 Å². The summed E-state index contributed by atoms with van der Waals surface area (Å²) in [6.45, 7) is 1.84. The second-order valence-corrected chi connectivity index (χ2v) is 5.04. The number of aromatic nitrogens is 1. The van der Waals surface area contributed by atoms with Crippen LogP contribution in [0.3, 0.4) is 0 Å². The minimum absolute atomic E-state index is 0.207. The molecule has 0 radical (unpaired) electrons. The number of nitrogens with one attached hydrogen (secondary N) is 1. The zero-order valence-electron chi connectivity index (χ0n) is 10.7. The Morgan fingerprint density at radius 3 is 2.68 bits per heavy atom. The molecule has 0 unspecified atom stereocenters. The lowest BCUT2D eigenvalue weighted by Crippen LogP contribution is -2.13. The van der Waals surface area contributed by atoms with Crippen molar-refractivity contribution >= 4 is 0 Å². The van der Waals surface area contributed by atoms with Crippen LogP contribution in [-0.2, 0) is 0 Å². The summed E-state index contributed by atoms with van der Waals surface area (Å²) in [4.78, 5) is 14.6. The molecule has 0 bridgehead atoms. The highest BCUT2D eigenvalue weighted by molar-refractivity contribution is 5.74. The largest absolute Gasteiger partial charge is 0.325 e. The maximum Gasteiger partial charge on any atom is 0.266 e. The number of pyridine rings is 1. The Bertz CT molecular complexity index is 733. The van der Waals surface area contributed by atoms with Crippen LogP contribution in [0.1, 0.15) is 35.6 Å². The van der Waals surface area contributed by atoms with Gasteiger partial charge in [-0.25, -0.2) is 0 Å². The average Bonchev–Trinajstić information content (AvgIpc) is 3.22. The van der Waals surface area contributed by atoms with E-state index in [0.717, 1.165) is 16.8 Å². The second-order valence-electron chi connectivity index (χ2n) is 5.04. The van der Waals surface area contributed by atoms with Crippen LogP contribution in [0.5, 0.6) is 0 Å². The first-order valence-corrected chi connectivity index (χ1v) is 6.44. The van der Waals surface area contributed by atoms with Crippen LogP contribution in [0.4, 0.5) is 0 Å². The van der Waals surface area contributed by atoms with E-state index in [4.69, 9.17) is 0 Å². The van der Waals surface area contributed by atoms with Gasteiger partial charge in [0.05, 0.1) is 0 Å². The zero-order chi connectivity index (χ0) is 13.4. The number of aromatic amines is 1. The van der Waals surface area contributed by atoms with Crippen molar-refractivity contribution in [2.24, 2.45) is 0 Å². The van der Waals surface area contributed by atoms with E-state index in [1.165, 1.54) is 18.4 Å². The molecule has 0 saturated heterocycles. The predicted octanol–water partition coefficient (Wildman–Crippen LogP) is 3.10. The molecule has 19 heavy (non-hydrogen) atoms. The number of rotatable bonds is 2. The van der Waals surface area contributed by atoms with Gasteiger partial charge in [0.25, 0.3) is 5.56 Å². The highest BCUT2D eigenvalue weighted by Crippen LogP contribution is 2.44. The third kappa shape index (κ3) is 2.06. The third-order valence-electron chi connectivity index (χ3n) is 3.55. The Morgan fingerprint density at radius 1 is 1.26 bits per heavy atom. The number of nitrogens with zero attached hydrogens (tertiary/aromatic N) is 1. The van der Waals surface area contributed by atoms with Crippen molar-refractivity contribution < 1.29 is 0 Å². The molecule has 1 fully saturated rings. The van der Waals surface area contributed by atoms with Gasteiger partial charge in [-0.05, 0) is 42.9 Å². The Morgan fingerprint density at radius 2 is 2.00 bits per heavy atom. The molecule has 94 valence electrons. The topological polar surface area (TPSA) is 56.6 Å². The molecular weight excluding hydrogens is 236 g/mol. The first-order valence-electron chi connectivity index (χ1n) is 6.44. The molecule has 1 aliphatic rings. The summed E-state index contributed by atoms with van der Waals surface area (Å²) in [7, 11) is 0. The fourth-order valence-corrected chi connectivity index (χ4v) is 2.50. The summed E-state index contributed by atoms with van der Waals surface area (Å²) in [6.07, 6.45) is 2.39. The molecule has 3 rings (SSSR count). The van der Waals surface area contributed by atoms with E-state index in [2.05, 4.69) is 11.1 Å². The van der Waals surface area contributed by atoms with Crippen molar-refractivity contribution in [1.29, 1.82) is 5.26 Å². The van der Waals surface area contributed by atoms with Crippen molar-refractivity contribution in [3.8, 4) is 17.2 Å². The van der Waals surface area contributed by atoms with Crippen LogP contribution in [0, 0.1) is 18.3 Å². The van der Waals surface area contributed by atoms with Gasteiger partial charge in [-0.3, -0.25) is 4.79 Å². The number of H-pyrrole nitrogens is 1.